The summed E-state index contributed by atoms with van der Waals surface area (Å²) in [5.41, 5.74) is 0.835. The topological polar surface area (TPSA) is 164 Å². The van der Waals surface area contributed by atoms with Gasteiger partial charge in [0.15, 0.2) is 30.9 Å². The summed E-state index contributed by atoms with van der Waals surface area (Å²) in [5.74, 6) is -0.933. The number of thiophene rings is 2. The zero-order valence-electron chi connectivity index (χ0n) is 24.0. The number of hydrogen-bond acceptors (Lipinski definition) is 13. The van der Waals surface area contributed by atoms with Crippen LogP contribution in [0.5, 0.6) is 5.75 Å². The molecule has 0 unspecified atom stereocenters. The van der Waals surface area contributed by atoms with Crippen molar-refractivity contribution in [3.05, 3.63) is 66.3 Å². The van der Waals surface area contributed by atoms with E-state index in [4.69, 9.17) is 18.9 Å². The molecule has 3 aromatic rings. The number of ether oxygens (including phenoxy) is 4. The summed E-state index contributed by atoms with van der Waals surface area (Å²) in [4.78, 5) is 53.1. The molecule has 0 spiro atoms. The third-order valence-corrected chi connectivity index (χ3v) is 8.90. The predicted octanol–water partition coefficient (Wildman–Crippen LogP) is 4.01. The van der Waals surface area contributed by atoms with Crippen LogP contribution in [0.25, 0.3) is 31.8 Å². The van der Waals surface area contributed by atoms with Gasteiger partial charge in [-0.2, -0.15) is 4.98 Å². The summed E-state index contributed by atoms with van der Waals surface area (Å²) in [7, 11) is 0. The molecule has 5 heterocycles. The van der Waals surface area contributed by atoms with Crippen LogP contribution in [0, 0.1) is 0 Å². The average Bonchev–Trinajstić information content (AvgIpc) is 3.83. The molecule has 3 aliphatic rings. The van der Waals surface area contributed by atoms with Crippen LogP contribution < -0.4 is 10.1 Å². The molecule has 45 heavy (non-hydrogen) atoms. The van der Waals surface area contributed by atoms with Gasteiger partial charge in [-0.1, -0.05) is 24.3 Å². The van der Waals surface area contributed by atoms with Crippen molar-refractivity contribution in [3.8, 4) is 37.6 Å². The standard InChI is InChI=1S/C30H27N5O8S2/c1-16(37)41-26-19(13-36)43-29(27(26)42-17(2)38)35-15-31-28-24(25(35)22-11-10-21(45-22)20-9-6-12-44-20)33-30(34-28)32-23(39)14-40-18-7-4-3-5-8-18/h3-12,15,19,26-27,29,36H,13-14H2,1-2H3,(H,32,33,39)/t19-,26-,27-,29-/m1/s1. The molecule has 1 fully saturated rings. The molecular weight excluding hydrogens is 622 g/mol. The van der Waals surface area contributed by atoms with Crippen molar-refractivity contribution in [2.75, 3.05) is 18.5 Å². The van der Waals surface area contributed by atoms with Crippen LogP contribution in [0.1, 0.15) is 20.1 Å². The van der Waals surface area contributed by atoms with E-state index in [9.17, 15) is 19.5 Å². The van der Waals surface area contributed by atoms with Gasteiger partial charge in [0.25, 0.3) is 5.91 Å². The number of anilines is 1. The number of aliphatic hydroxyl groups is 1. The average molecular weight is 650 g/mol. The second-order valence-corrected chi connectivity index (χ2v) is 11.9. The van der Waals surface area contributed by atoms with Crippen molar-refractivity contribution in [1.29, 1.82) is 0 Å². The quantitative estimate of drug-likeness (QED) is 0.210. The number of nitrogens with one attached hydrogen (secondary N) is 1. The van der Waals surface area contributed by atoms with Gasteiger partial charge in [-0.25, -0.2) is 9.97 Å². The molecule has 15 heteroatoms. The fourth-order valence-corrected chi connectivity index (χ4v) is 6.84. The largest absolute Gasteiger partial charge is 0.484 e. The molecule has 0 saturated carbocycles. The number of hydrogen-bond donors (Lipinski definition) is 2. The Hall–Kier alpha value is -4.70. The number of amides is 1. The fourth-order valence-electron chi connectivity index (χ4n) is 4.95. The summed E-state index contributed by atoms with van der Waals surface area (Å²) < 4.78 is 24.4. The van der Waals surface area contributed by atoms with Gasteiger partial charge < -0.3 is 24.1 Å². The number of carbonyl (C=O) groups is 3. The number of fused-ring (bicyclic) bond motifs is 1. The number of nitrogens with zero attached hydrogens (tertiary/aromatic N) is 4. The smallest absolute Gasteiger partial charge is 0.303 e. The van der Waals surface area contributed by atoms with E-state index >= 15 is 0 Å². The highest BCUT2D eigenvalue weighted by atomic mass is 32.1. The van der Waals surface area contributed by atoms with Crippen molar-refractivity contribution in [2.45, 2.75) is 38.4 Å². The summed E-state index contributed by atoms with van der Waals surface area (Å²) in [5, 5.41) is 14.7. The van der Waals surface area contributed by atoms with Gasteiger partial charge in [0.1, 0.15) is 17.5 Å². The molecule has 1 amide bonds. The van der Waals surface area contributed by atoms with E-state index in [1.807, 2.05) is 35.7 Å². The highest BCUT2D eigenvalue weighted by Gasteiger charge is 2.50. The molecule has 13 nitrogen and oxygen atoms in total. The van der Waals surface area contributed by atoms with E-state index in [1.54, 1.807) is 40.2 Å². The van der Waals surface area contributed by atoms with Gasteiger partial charge >= 0.3 is 11.9 Å². The van der Waals surface area contributed by atoms with Gasteiger partial charge in [0.2, 0.25) is 5.95 Å². The Kier molecular flexibility index (Phi) is 8.84. The Bertz CT molecular complexity index is 1770. The maximum atomic E-state index is 12.7. The molecule has 1 aromatic carbocycles. The number of esters is 2. The Morgan fingerprint density at radius 1 is 0.956 bits per heavy atom. The zero-order valence-corrected chi connectivity index (χ0v) is 25.6. The van der Waals surface area contributed by atoms with E-state index in [2.05, 4.69) is 20.3 Å². The van der Waals surface area contributed by atoms with Gasteiger partial charge in [0.05, 0.1) is 23.5 Å². The van der Waals surface area contributed by atoms with Crippen LogP contribution in [-0.2, 0) is 28.6 Å². The van der Waals surface area contributed by atoms with E-state index < -0.39 is 49.0 Å². The third-order valence-electron chi connectivity index (χ3n) is 6.74. The molecule has 232 valence electrons. The van der Waals surface area contributed by atoms with Gasteiger partial charge in [0, 0.05) is 23.6 Å². The maximum absolute atomic E-state index is 12.7. The molecule has 3 aliphatic heterocycles. The van der Waals surface area contributed by atoms with Crippen LogP contribution in [0.15, 0.2) is 66.3 Å². The minimum atomic E-state index is -1.12. The number of benzene rings is 1. The first-order valence-electron chi connectivity index (χ1n) is 13.8. The third kappa shape index (κ3) is 6.56. The summed E-state index contributed by atoms with van der Waals surface area (Å²) in [6.07, 6.45) is -2.82. The summed E-state index contributed by atoms with van der Waals surface area (Å²) in [6, 6.07) is 16.8. The van der Waals surface area contributed by atoms with Crippen molar-refractivity contribution in [1.82, 2.24) is 19.5 Å². The van der Waals surface area contributed by atoms with Crippen LogP contribution in [-0.4, -0.2) is 74.0 Å². The Labute approximate surface area is 264 Å². The van der Waals surface area contributed by atoms with E-state index in [0.29, 0.717) is 17.1 Å². The number of aliphatic hydroxyl groups excluding tert-OH is 1. The minimum absolute atomic E-state index is 0.0168. The van der Waals surface area contributed by atoms with Crippen LogP contribution >= 0.6 is 22.7 Å². The first-order valence-corrected chi connectivity index (χ1v) is 15.5. The van der Waals surface area contributed by atoms with Crippen molar-refractivity contribution < 1.29 is 38.4 Å². The Morgan fingerprint density at radius 2 is 1.71 bits per heavy atom. The predicted molar refractivity (Wildman–Crippen MR) is 164 cm³/mol. The monoisotopic (exact) mass is 649 g/mol. The second-order valence-electron chi connectivity index (χ2n) is 9.91. The number of imidazole rings is 1. The lowest BCUT2D eigenvalue weighted by Crippen LogP contribution is -2.40. The Morgan fingerprint density at radius 3 is 2.42 bits per heavy atom. The van der Waals surface area contributed by atoms with E-state index in [0.717, 1.165) is 14.6 Å². The van der Waals surface area contributed by atoms with Crippen molar-refractivity contribution >= 4 is 46.5 Å². The molecule has 4 atom stereocenters. The number of aromatic nitrogens is 4. The lowest BCUT2D eigenvalue weighted by Gasteiger charge is -2.26. The Balaban J connectivity index is 1.40. The second kappa shape index (κ2) is 13.1. The first kappa shape index (κ1) is 30.3. The summed E-state index contributed by atoms with van der Waals surface area (Å²) in [6.45, 7) is 1.69. The number of carbonyl (C=O) groups excluding carboxylic acids is 3. The van der Waals surface area contributed by atoms with Gasteiger partial charge in [-0.05, 0) is 35.7 Å². The molecule has 6 rings (SSSR count). The van der Waals surface area contributed by atoms with E-state index in [1.165, 1.54) is 31.5 Å². The van der Waals surface area contributed by atoms with Crippen LogP contribution in [0.3, 0.4) is 0 Å². The van der Waals surface area contributed by atoms with Crippen LogP contribution in [0.4, 0.5) is 5.95 Å². The van der Waals surface area contributed by atoms with E-state index in [-0.39, 0.29) is 18.4 Å². The molecule has 2 aromatic heterocycles. The molecule has 2 N–H and O–H groups in total. The maximum Gasteiger partial charge on any atom is 0.303 e. The van der Waals surface area contributed by atoms with Crippen molar-refractivity contribution in [2.24, 2.45) is 0 Å². The van der Waals surface area contributed by atoms with Crippen molar-refractivity contribution in [3.63, 3.8) is 0 Å². The zero-order chi connectivity index (χ0) is 31.5. The number of para-hydroxylation sites is 1. The molecule has 1 saturated heterocycles. The fraction of sp³-hybridized carbons (Fsp3) is 0.267. The SMILES string of the molecule is CC(=O)O[C@@H]1[C@H](OC(C)=O)[C@@H](CO)O[C@H]1n1cnc2nc(NC(=O)COc3ccccc3)nc-2c1-c1ccc(-c2cccs2)s1. The van der Waals surface area contributed by atoms with Gasteiger partial charge in [-0.15, -0.1) is 22.7 Å². The lowest BCUT2D eigenvalue weighted by atomic mass is 10.1. The number of rotatable bonds is 10. The lowest BCUT2D eigenvalue weighted by molar-refractivity contribution is -0.165. The van der Waals surface area contributed by atoms with Crippen LogP contribution in [0.2, 0.25) is 0 Å². The first-order chi connectivity index (χ1) is 21.8. The molecular formula is C30H27N5O8S2. The molecule has 0 aliphatic carbocycles. The highest BCUT2D eigenvalue weighted by molar-refractivity contribution is 7.23. The highest BCUT2D eigenvalue weighted by Crippen LogP contribution is 2.44. The summed E-state index contributed by atoms with van der Waals surface area (Å²) >= 11 is 3.08. The van der Waals surface area contributed by atoms with Gasteiger partial charge in [-0.3, -0.25) is 24.3 Å². The minimum Gasteiger partial charge on any atom is -0.484 e. The normalized spacial score (nSPS) is 19.4. The molecule has 0 radical (unpaired) electrons. The molecule has 0 bridgehead atoms.